The van der Waals surface area contributed by atoms with E-state index in [9.17, 15) is 0 Å². The highest BCUT2D eigenvalue weighted by molar-refractivity contribution is 6.31. The van der Waals surface area contributed by atoms with Crippen LogP contribution in [0, 0.1) is 12.8 Å². The van der Waals surface area contributed by atoms with E-state index in [4.69, 9.17) is 11.6 Å². The Kier molecular flexibility index (Phi) is 6.16. The zero-order chi connectivity index (χ0) is 13.7. The van der Waals surface area contributed by atoms with E-state index >= 15 is 0 Å². The normalized spacial score (nSPS) is 14.8. The van der Waals surface area contributed by atoms with Crippen molar-refractivity contribution in [2.45, 2.75) is 60.0 Å². The van der Waals surface area contributed by atoms with Gasteiger partial charge in [-0.3, -0.25) is 4.68 Å². The van der Waals surface area contributed by atoms with Crippen molar-refractivity contribution in [1.29, 1.82) is 0 Å². The zero-order valence-corrected chi connectivity index (χ0v) is 13.0. The lowest BCUT2D eigenvalue weighted by atomic mass is 9.95. The lowest BCUT2D eigenvalue weighted by molar-refractivity contribution is 0.363. The van der Waals surface area contributed by atoms with Crippen LogP contribution in [0.15, 0.2) is 0 Å². The lowest BCUT2D eigenvalue weighted by Crippen LogP contribution is -2.37. The maximum atomic E-state index is 6.37. The molecule has 2 unspecified atom stereocenters. The molecular weight excluding hydrogens is 246 g/mol. The van der Waals surface area contributed by atoms with Crippen LogP contribution in [-0.4, -0.2) is 22.4 Å². The number of aryl methyl sites for hydroxylation is 2. The number of rotatable bonds is 7. The highest BCUT2D eigenvalue weighted by atomic mass is 35.5. The van der Waals surface area contributed by atoms with Gasteiger partial charge < -0.3 is 5.32 Å². The summed E-state index contributed by atoms with van der Waals surface area (Å²) in [5.74, 6) is 0.640. The van der Waals surface area contributed by atoms with Gasteiger partial charge in [0.25, 0.3) is 0 Å². The van der Waals surface area contributed by atoms with Gasteiger partial charge in [-0.05, 0) is 26.3 Å². The topological polar surface area (TPSA) is 29.9 Å². The molecular formula is C14H26ClN3. The third-order valence-corrected chi connectivity index (χ3v) is 4.15. The minimum absolute atomic E-state index is 0.471. The van der Waals surface area contributed by atoms with Crippen molar-refractivity contribution in [2.24, 2.45) is 5.92 Å². The Balaban J connectivity index is 2.92. The third-order valence-electron chi connectivity index (χ3n) is 3.66. The fourth-order valence-corrected chi connectivity index (χ4v) is 2.51. The van der Waals surface area contributed by atoms with Gasteiger partial charge in [0, 0.05) is 19.0 Å². The number of likely N-dealkylation sites (N-methyl/N-ethyl adjacent to an activating group) is 1. The van der Waals surface area contributed by atoms with Crippen LogP contribution in [0.4, 0.5) is 0 Å². The smallest absolute Gasteiger partial charge is 0.0847 e. The zero-order valence-electron chi connectivity index (χ0n) is 12.3. The van der Waals surface area contributed by atoms with Gasteiger partial charge in [-0.1, -0.05) is 38.8 Å². The molecule has 0 fully saturated rings. The first kappa shape index (κ1) is 15.5. The molecule has 0 bridgehead atoms. The molecule has 3 nitrogen and oxygen atoms in total. The average Bonchev–Trinajstić information content (AvgIpc) is 2.64. The Morgan fingerprint density at radius 3 is 2.50 bits per heavy atom. The summed E-state index contributed by atoms with van der Waals surface area (Å²) < 4.78 is 2.03. The van der Waals surface area contributed by atoms with Crippen molar-refractivity contribution >= 4 is 11.6 Å². The minimum Gasteiger partial charge on any atom is -0.314 e. The number of halogens is 1. The van der Waals surface area contributed by atoms with Gasteiger partial charge >= 0.3 is 0 Å². The molecule has 104 valence electrons. The van der Waals surface area contributed by atoms with E-state index in [0.717, 1.165) is 30.2 Å². The van der Waals surface area contributed by atoms with E-state index in [1.54, 1.807) is 0 Å². The van der Waals surface area contributed by atoms with Crippen LogP contribution in [-0.2, 0) is 13.0 Å². The molecule has 0 saturated carbocycles. The number of aromatic nitrogens is 2. The Bertz CT molecular complexity index is 373. The molecule has 1 N–H and O–H groups in total. The van der Waals surface area contributed by atoms with Crippen LogP contribution in [0.1, 0.15) is 45.5 Å². The Labute approximate surface area is 116 Å². The van der Waals surface area contributed by atoms with E-state index in [0.29, 0.717) is 12.0 Å². The molecule has 1 aromatic rings. The first-order valence-corrected chi connectivity index (χ1v) is 7.37. The first-order chi connectivity index (χ1) is 8.54. The predicted octanol–water partition coefficient (Wildman–Crippen LogP) is 3.43. The van der Waals surface area contributed by atoms with Crippen LogP contribution in [0.5, 0.6) is 0 Å². The molecule has 0 aliphatic rings. The lowest BCUT2D eigenvalue weighted by Gasteiger charge is -2.24. The summed E-state index contributed by atoms with van der Waals surface area (Å²) in [6.45, 7) is 12.6. The van der Waals surface area contributed by atoms with Crippen LogP contribution in [0.3, 0.4) is 0 Å². The predicted molar refractivity (Wildman–Crippen MR) is 78.3 cm³/mol. The SMILES string of the molecule is CCNC(Cc1c(Cl)c(C)nn1CC)C(C)CC. The van der Waals surface area contributed by atoms with Crippen molar-refractivity contribution in [1.82, 2.24) is 15.1 Å². The summed E-state index contributed by atoms with van der Waals surface area (Å²) in [6.07, 6.45) is 2.13. The molecule has 2 atom stereocenters. The monoisotopic (exact) mass is 271 g/mol. The molecule has 0 amide bonds. The van der Waals surface area contributed by atoms with E-state index in [-0.39, 0.29) is 0 Å². The fraction of sp³-hybridized carbons (Fsp3) is 0.786. The van der Waals surface area contributed by atoms with Gasteiger partial charge in [0.1, 0.15) is 0 Å². The fourth-order valence-electron chi connectivity index (χ4n) is 2.29. The number of nitrogens with one attached hydrogen (secondary N) is 1. The average molecular weight is 272 g/mol. The van der Waals surface area contributed by atoms with Gasteiger partial charge in [0.05, 0.1) is 16.4 Å². The Hall–Kier alpha value is -0.540. The maximum Gasteiger partial charge on any atom is 0.0847 e. The van der Waals surface area contributed by atoms with Crippen molar-refractivity contribution in [3.05, 3.63) is 16.4 Å². The third kappa shape index (κ3) is 3.48. The molecule has 1 heterocycles. The Morgan fingerprint density at radius 2 is 2.00 bits per heavy atom. The van der Waals surface area contributed by atoms with Crippen LogP contribution in [0.25, 0.3) is 0 Å². The summed E-state index contributed by atoms with van der Waals surface area (Å²) >= 11 is 6.37. The molecule has 0 aliphatic heterocycles. The summed E-state index contributed by atoms with van der Waals surface area (Å²) in [5, 5.41) is 8.89. The standard InChI is InChI=1S/C14H26ClN3/c1-6-10(4)12(16-7-2)9-13-14(15)11(5)17-18(13)8-3/h10,12,16H,6-9H2,1-5H3. The van der Waals surface area contributed by atoms with Crippen LogP contribution < -0.4 is 5.32 Å². The molecule has 0 aliphatic carbocycles. The van der Waals surface area contributed by atoms with Gasteiger partial charge in [-0.25, -0.2) is 0 Å². The Morgan fingerprint density at radius 1 is 1.33 bits per heavy atom. The first-order valence-electron chi connectivity index (χ1n) is 7.00. The van der Waals surface area contributed by atoms with Gasteiger partial charge in [0.2, 0.25) is 0 Å². The van der Waals surface area contributed by atoms with E-state index in [1.165, 1.54) is 12.1 Å². The van der Waals surface area contributed by atoms with Gasteiger partial charge in [0.15, 0.2) is 0 Å². The quantitative estimate of drug-likeness (QED) is 0.823. The highest BCUT2D eigenvalue weighted by Crippen LogP contribution is 2.23. The number of nitrogens with zero attached hydrogens (tertiary/aromatic N) is 2. The largest absolute Gasteiger partial charge is 0.314 e. The van der Waals surface area contributed by atoms with Crippen molar-refractivity contribution in [2.75, 3.05) is 6.54 Å². The number of hydrogen-bond donors (Lipinski definition) is 1. The molecule has 4 heteroatoms. The van der Waals surface area contributed by atoms with E-state index < -0.39 is 0 Å². The highest BCUT2D eigenvalue weighted by Gasteiger charge is 2.20. The van der Waals surface area contributed by atoms with Crippen LogP contribution in [0.2, 0.25) is 5.02 Å². The van der Waals surface area contributed by atoms with Crippen molar-refractivity contribution in [3.63, 3.8) is 0 Å². The molecule has 1 rings (SSSR count). The second kappa shape index (κ2) is 7.15. The molecule has 0 aromatic carbocycles. The maximum absolute atomic E-state index is 6.37. The minimum atomic E-state index is 0.471. The molecule has 0 radical (unpaired) electrons. The number of hydrogen-bond acceptors (Lipinski definition) is 2. The van der Waals surface area contributed by atoms with Crippen LogP contribution >= 0.6 is 11.6 Å². The molecule has 1 aromatic heterocycles. The summed E-state index contributed by atoms with van der Waals surface area (Å²) in [4.78, 5) is 0. The summed E-state index contributed by atoms with van der Waals surface area (Å²) in [6, 6.07) is 0.471. The van der Waals surface area contributed by atoms with Crippen molar-refractivity contribution < 1.29 is 0 Å². The second-order valence-corrected chi connectivity index (χ2v) is 5.29. The molecule has 18 heavy (non-hydrogen) atoms. The summed E-state index contributed by atoms with van der Waals surface area (Å²) in [5.41, 5.74) is 2.11. The summed E-state index contributed by atoms with van der Waals surface area (Å²) in [7, 11) is 0. The van der Waals surface area contributed by atoms with Gasteiger partial charge in [-0.15, -0.1) is 0 Å². The second-order valence-electron chi connectivity index (χ2n) is 4.92. The van der Waals surface area contributed by atoms with E-state index in [1.807, 2.05) is 11.6 Å². The van der Waals surface area contributed by atoms with Crippen molar-refractivity contribution in [3.8, 4) is 0 Å². The van der Waals surface area contributed by atoms with E-state index in [2.05, 4.69) is 38.1 Å². The molecule has 0 saturated heterocycles. The molecule has 0 spiro atoms. The van der Waals surface area contributed by atoms with Gasteiger partial charge in [-0.2, -0.15) is 5.10 Å².